The number of hydrogen-bond donors (Lipinski definition) is 2. The van der Waals surface area contributed by atoms with E-state index in [1.54, 1.807) is 23.1 Å². The number of carbonyl (C=O) groups is 1. The Labute approximate surface area is 190 Å². The second-order valence-electron chi connectivity index (χ2n) is 6.77. The van der Waals surface area contributed by atoms with Crippen LogP contribution in [0, 0.1) is 5.82 Å². The first-order chi connectivity index (χ1) is 15.0. The molecule has 0 aliphatic rings. The first-order valence-corrected chi connectivity index (χ1v) is 13.2. The fourth-order valence-corrected chi connectivity index (χ4v) is 5.74. The summed E-state index contributed by atoms with van der Waals surface area (Å²) in [5.74, 6) is 0.241. The van der Waals surface area contributed by atoms with Gasteiger partial charge in [0.05, 0.1) is 0 Å². The zero-order valence-corrected chi connectivity index (χ0v) is 19.1. The number of hydrogen-bond acceptors (Lipinski definition) is 5. The predicted octanol–water partition coefficient (Wildman–Crippen LogP) is 3.83. The number of amides is 1. The van der Waals surface area contributed by atoms with Gasteiger partial charge >= 0.3 is 0 Å². The molecule has 3 rings (SSSR count). The van der Waals surface area contributed by atoms with Crippen molar-refractivity contribution in [2.45, 2.75) is 23.1 Å². The lowest BCUT2D eigenvalue weighted by Gasteiger charge is -2.19. The Morgan fingerprint density at radius 2 is 1.77 bits per heavy atom. The average molecular weight is 479 g/mol. The van der Waals surface area contributed by atoms with E-state index in [1.807, 2.05) is 35.7 Å². The van der Waals surface area contributed by atoms with Gasteiger partial charge in [-0.15, -0.1) is 0 Å². The van der Waals surface area contributed by atoms with Crippen LogP contribution in [0.15, 0.2) is 76.3 Å². The Hall–Kier alpha value is -2.20. The van der Waals surface area contributed by atoms with Gasteiger partial charge < -0.3 is 5.32 Å². The molecular formula is C22H23FN2O3S3. The highest BCUT2D eigenvalue weighted by molar-refractivity contribution is 7.98. The third kappa shape index (κ3) is 7.17. The van der Waals surface area contributed by atoms with Crippen molar-refractivity contribution in [2.75, 3.05) is 12.3 Å². The van der Waals surface area contributed by atoms with Crippen molar-refractivity contribution in [3.63, 3.8) is 0 Å². The highest BCUT2D eigenvalue weighted by atomic mass is 32.2. The third-order valence-electron chi connectivity index (χ3n) is 4.42. The summed E-state index contributed by atoms with van der Waals surface area (Å²) in [5.41, 5.74) is 2.03. The van der Waals surface area contributed by atoms with Crippen LogP contribution in [0.1, 0.15) is 11.1 Å². The molecule has 164 valence electrons. The number of thiophene rings is 1. The molecule has 31 heavy (non-hydrogen) atoms. The fraction of sp³-hybridized carbons (Fsp3) is 0.227. The zero-order chi connectivity index (χ0) is 22.1. The molecule has 1 amide bonds. The molecule has 2 aromatic carbocycles. The molecule has 1 atom stereocenters. The Morgan fingerprint density at radius 3 is 2.48 bits per heavy atom. The van der Waals surface area contributed by atoms with Gasteiger partial charge in [-0.1, -0.05) is 42.5 Å². The SMILES string of the molecule is O=C(NCCSCc1ccsc1)C(Cc1ccccc1)NS(=O)(=O)c1ccccc1F. The van der Waals surface area contributed by atoms with Crippen molar-refractivity contribution in [1.82, 2.24) is 10.0 Å². The number of halogens is 1. The topological polar surface area (TPSA) is 75.3 Å². The summed E-state index contributed by atoms with van der Waals surface area (Å²) in [4.78, 5) is 12.3. The molecule has 0 spiro atoms. The van der Waals surface area contributed by atoms with Gasteiger partial charge in [-0.25, -0.2) is 12.8 Å². The maximum atomic E-state index is 14.0. The van der Waals surface area contributed by atoms with Crippen molar-refractivity contribution in [3.05, 3.63) is 88.4 Å². The maximum Gasteiger partial charge on any atom is 0.244 e. The summed E-state index contributed by atoms with van der Waals surface area (Å²) >= 11 is 3.33. The van der Waals surface area contributed by atoms with Crippen LogP contribution >= 0.6 is 23.1 Å². The van der Waals surface area contributed by atoms with Gasteiger partial charge in [-0.2, -0.15) is 27.8 Å². The molecule has 0 aliphatic heterocycles. The van der Waals surface area contributed by atoms with Crippen LogP contribution in [0.4, 0.5) is 4.39 Å². The van der Waals surface area contributed by atoms with Crippen molar-refractivity contribution >= 4 is 39.0 Å². The molecular weight excluding hydrogens is 455 g/mol. The normalized spacial score (nSPS) is 12.4. The van der Waals surface area contributed by atoms with Crippen LogP contribution in [0.3, 0.4) is 0 Å². The van der Waals surface area contributed by atoms with Crippen LogP contribution < -0.4 is 10.0 Å². The minimum atomic E-state index is -4.21. The van der Waals surface area contributed by atoms with Gasteiger partial charge in [0.25, 0.3) is 0 Å². The molecule has 0 saturated carbocycles. The quantitative estimate of drug-likeness (QED) is 0.411. The van der Waals surface area contributed by atoms with E-state index in [9.17, 15) is 17.6 Å². The van der Waals surface area contributed by atoms with E-state index in [4.69, 9.17) is 0 Å². The summed E-state index contributed by atoms with van der Waals surface area (Å²) in [7, 11) is -4.21. The molecule has 1 unspecified atom stereocenters. The second-order valence-corrected chi connectivity index (χ2v) is 10.3. The Bertz CT molecular complexity index is 1070. The maximum absolute atomic E-state index is 14.0. The number of rotatable bonds is 11. The van der Waals surface area contributed by atoms with Gasteiger partial charge in [-0.3, -0.25) is 4.79 Å². The van der Waals surface area contributed by atoms with Crippen molar-refractivity contribution in [2.24, 2.45) is 0 Å². The molecule has 3 aromatic rings. The van der Waals surface area contributed by atoms with E-state index in [0.717, 1.165) is 17.4 Å². The summed E-state index contributed by atoms with van der Waals surface area (Å²) in [6.07, 6.45) is 0.155. The second kappa shape index (κ2) is 11.4. The average Bonchev–Trinajstić information content (AvgIpc) is 3.27. The lowest BCUT2D eigenvalue weighted by molar-refractivity contribution is -0.122. The molecule has 0 radical (unpaired) electrons. The molecule has 0 bridgehead atoms. The zero-order valence-electron chi connectivity index (χ0n) is 16.7. The fourth-order valence-electron chi connectivity index (χ4n) is 2.89. The number of thioether (sulfide) groups is 1. The molecule has 2 N–H and O–H groups in total. The van der Waals surface area contributed by atoms with E-state index < -0.39 is 32.7 Å². The third-order valence-corrected chi connectivity index (χ3v) is 7.68. The minimum Gasteiger partial charge on any atom is -0.354 e. The van der Waals surface area contributed by atoms with E-state index >= 15 is 0 Å². The van der Waals surface area contributed by atoms with Gasteiger partial charge in [-0.05, 0) is 46.5 Å². The number of benzene rings is 2. The number of sulfonamides is 1. The monoisotopic (exact) mass is 478 g/mol. The summed E-state index contributed by atoms with van der Waals surface area (Å²) in [6.45, 7) is 0.403. The number of carbonyl (C=O) groups excluding carboxylic acids is 1. The summed E-state index contributed by atoms with van der Waals surface area (Å²) in [6, 6.07) is 15.2. The van der Waals surface area contributed by atoms with E-state index in [-0.39, 0.29) is 6.42 Å². The van der Waals surface area contributed by atoms with Crippen LogP contribution in [0.5, 0.6) is 0 Å². The van der Waals surface area contributed by atoms with E-state index in [1.165, 1.54) is 23.8 Å². The summed E-state index contributed by atoms with van der Waals surface area (Å²) < 4.78 is 41.9. The standard InChI is InChI=1S/C22H23FN2O3S3/c23-19-8-4-5-9-21(19)31(27,28)25-20(14-17-6-2-1-3-7-17)22(26)24-11-13-30-16-18-10-12-29-15-18/h1-10,12,15,20,25H,11,13-14,16H2,(H,24,26). The van der Waals surface area contributed by atoms with E-state index in [2.05, 4.69) is 21.5 Å². The van der Waals surface area contributed by atoms with Crippen LogP contribution in [-0.4, -0.2) is 32.7 Å². The summed E-state index contributed by atoms with van der Waals surface area (Å²) in [5, 5.41) is 6.90. The van der Waals surface area contributed by atoms with Crippen LogP contribution in [-0.2, 0) is 27.0 Å². The molecule has 0 aliphatic carbocycles. The number of nitrogens with one attached hydrogen (secondary N) is 2. The van der Waals surface area contributed by atoms with Gasteiger partial charge in [0.2, 0.25) is 15.9 Å². The Kier molecular flexibility index (Phi) is 8.65. The first kappa shape index (κ1) is 23.5. The Balaban J connectivity index is 1.64. The van der Waals surface area contributed by atoms with Crippen molar-refractivity contribution < 1.29 is 17.6 Å². The lowest BCUT2D eigenvalue weighted by atomic mass is 10.1. The highest BCUT2D eigenvalue weighted by Crippen LogP contribution is 2.16. The van der Waals surface area contributed by atoms with Gasteiger partial charge in [0.15, 0.2) is 0 Å². The van der Waals surface area contributed by atoms with Gasteiger partial charge in [0.1, 0.15) is 16.8 Å². The molecule has 9 heteroatoms. The largest absolute Gasteiger partial charge is 0.354 e. The highest BCUT2D eigenvalue weighted by Gasteiger charge is 2.27. The molecule has 1 heterocycles. The molecule has 0 saturated heterocycles. The molecule has 5 nitrogen and oxygen atoms in total. The predicted molar refractivity (Wildman–Crippen MR) is 124 cm³/mol. The van der Waals surface area contributed by atoms with Crippen LogP contribution in [0.2, 0.25) is 0 Å². The molecule has 1 aromatic heterocycles. The van der Waals surface area contributed by atoms with E-state index in [0.29, 0.717) is 12.3 Å². The van der Waals surface area contributed by atoms with Crippen molar-refractivity contribution in [3.8, 4) is 0 Å². The van der Waals surface area contributed by atoms with Crippen LogP contribution in [0.25, 0.3) is 0 Å². The molecule has 0 fully saturated rings. The van der Waals surface area contributed by atoms with Gasteiger partial charge in [0, 0.05) is 18.1 Å². The first-order valence-electron chi connectivity index (χ1n) is 9.63. The minimum absolute atomic E-state index is 0.155. The lowest BCUT2D eigenvalue weighted by Crippen LogP contribution is -2.48. The van der Waals surface area contributed by atoms with Crippen molar-refractivity contribution in [1.29, 1.82) is 0 Å². The smallest absolute Gasteiger partial charge is 0.244 e. The Morgan fingerprint density at radius 1 is 1.03 bits per heavy atom.